The molecule has 0 aromatic rings. The van der Waals surface area contributed by atoms with Gasteiger partial charge in [0, 0.05) is 10.8 Å². The summed E-state index contributed by atoms with van der Waals surface area (Å²) in [7, 11) is 0. The van der Waals surface area contributed by atoms with Crippen molar-refractivity contribution in [3.05, 3.63) is 0 Å². The summed E-state index contributed by atoms with van der Waals surface area (Å²) in [5, 5.41) is 7.59. The van der Waals surface area contributed by atoms with Gasteiger partial charge in [-0.1, -0.05) is 22.6 Å². The average molecular weight is 272 g/mol. The molecule has 0 saturated heterocycles. The highest BCUT2D eigenvalue weighted by molar-refractivity contribution is 14.1. The molecule has 0 aliphatic rings. The van der Waals surface area contributed by atoms with Gasteiger partial charge in [-0.2, -0.15) is 17.6 Å². The van der Waals surface area contributed by atoms with E-state index in [2.05, 4.69) is 0 Å². The molecular weight excluding hydrogens is 267 g/mol. The van der Waals surface area contributed by atoms with Gasteiger partial charge in [0.2, 0.25) is 0 Å². The van der Waals surface area contributed by atoms with E-state index in [0.29, 0.717) is 0 Å². The second-order valence-corrected chi connectivity index (χ2v) is 2.76. The molecule has 62 valence electrons. The highest BCUT2D eigenvalue weighted by atomic mass is 127. The van der Waals surface area contributed by atoms with Gasteiger partial charge < -0.3 is 5.11 Å². The van der Waals surface area contributed by atoms with E-state index in [4.69, 9.17) is 5.11 Å². The van der Waals surface area contributed by atoms with Crippen molar-refractivity contribution in [1.82, 2.24) is 0 Å². The topological polar surface area (TPSA) is 20.2 Å². The number of aliphatic hydroxyl groups is 1. The van der Waals surface area contributed by atoms with Gasteiger partial charge >= 0.3 is 12.0 Å². The Labute approximate surface area is 68.6 Å². The van der Waals surface area contributed by atoms with Crippen molar-refractivity contribution in [2.75, 3.05) is 4.43 Å². The monoisotopic (exact) mass is 272 g/mol. The second kappa shape index (κ2) is 3.21. The minimum atomic E-state index is -4.89. The fourth-order valence-corrected chi connectivity index (χ4v) is 0.946. The van der Waals surface area contributed by atoms with Crippen molar-refractivity contribution < 1.29 is 22.7 Å². The smallest absolute Gasteiger partial charge is 0.332 e. The quantitative estimate of drug-likeness (QED) is 0.473. The van der Waals surface area contributed by atoms with Crippen LogP contribution >= 0.6 is 22.6 Å². The van der Waals surface area contributed by atoms with Crippen molar-refractivity contribution in [1.29, 1.82) is 0 Å². The van der Waals surface area contributed by atoms with E-state index >= 15 is 0 Å². The molecule has 0 aliphatic carbocycles. The Hall–Kier alpha value is 0.410. The zero-order chi connectivity index (χ0) is 8.41. The Morgan fingerprint density at radius 2 is 1.60 bits per heavy atom. The Balaban J connectivity index is 4.10. The lowest BCUT2D eigenvalue weighted by atomic mass is 10.2. The minimum Gasteiger partial charge on any atom is -0.332 e. The molecule has 1 nitrogen and oxygen atoms in total. The summed E-state index contributed by atoms with van der Waals surface area (Å²) < 4.78 is 46.7. The van der Waals surface area contributed by atoms with Crippen LogP contribution in [-0.2, 0) is 0 Å². The van der Waals surface area contributed by atoms with Gasteiger partial charge in [0.1, 0.15) is 0 Å². The fraction of sp³-hybridized carbons (Fsp3) is 1.00. The van der Waals surface area contributed by atoms with Gasteiger partial charge in [0.25, 0.3) is 0 Å². The molecule has 0 fully saturated rings. The Kier molecular flexibility index (Phi) is 3.34. The highest BCUT2D eigenvalue weighted by Crippen LogP contribution is 2.34. The van der Waals surface area contributed by atoms with Gasteiger partial charge in [-0.05, 0) is 0 Å². The third kappa shape index (κ3) is 2.57. The lowest BCUT2D eigenvalue weighted by Crippen LogP contribution is -2.40. The molecule has 0 rings (SSSR count). The van der Waals surface area contributed by atoms with Crippen LogP contribution in [0.4, 0.5) is 17.6 Å². The molecule has 0 radical (unpaired) electrons. The molecule has 0 amide bonds. The summed E-state index contributed by atoms with van der Waals surface area (Å²) in [4.78, 5) is 0. The molecule has 0 bridgehead atoms. The highest BCUT2D eigenvalue weighted by Gasteiger charge is 2.54. The number of halogens is 5. The van der Waals surface area contributed by atoms with Crippen molar-refractivity contribution in [2.45, 2.75) is 18.5 Å². The zero-order valence-corrected chi connectivity index (χ0v) is 6.91. The van der Waals surface area contributed by atoms with E-state index in [9.17, 15) is 17.6 Å². The fourth-order valence-electron chi connectivity index (χ4n) is 0.269. The molecule has 6 heteroatoms. The lowest BCUT2D eigenvalue weighted by Gasteiger charge is -2.19. The molecule has 0 unspecified atom stereocenters. The number of hydrogen-bond acceptors (Lipinski definition) is 1. The predicted molar refractivity (Wildman–Crippen MR) is 35.6 cm³/mol. The van der Waals surface area contributed by atoms with Crippen molar-refractivity contribution >= 4 is 22.6 Å². The zero-order valence-electron chi connectivity index (χ0n) is 4.75. The van der Waals surface area contributed by atoms with Gasteiger partial charge in [0.05, 0.1) is 0 Å². The van der Waals surface area contributed by atoms with Crippen LogP contribution in [-0.4, -0.2) is 21.6 Å². The first kappa shape index (κ1) is 10.4. The van der Waals surface area contributed by atoms with Crippen molar-refractivity contribution in [3.8, 4) is 0 Å². The van der Waals surface area contributed by atoms with E-state index in [0.717, 1.165) is 0 Å². The molecule has 0 aliphatic heterocycles. The summed E-state index contributed by atoms with van der Waals surface area (Å²) in [6.45, 7) is 0. The molecule has 0 atom stereocenters. The predicted octanol–water partition coefficient (Wildman–Crippen LogP) is 2.03. The van der Waals surface area contributed by atoms with Gasteiger partial charge in [-0.15, -0.1) is 0 Å². The maximum atomic E-state index is 11.9. The molecule has 10 heavy (non-hydrogen) atoms. The Bertz CT molecular complexity index is 110. The molecular formula is C4H5F4IO. The maximum Gasteiger partial charge on any atom is 0.416 e. The van der Waals surface area contributed by atoms with E-state index in [1.54, 1.807) is 0 Å². The van der Waals surface area contributed by atoms with Crippen LogP contribution < -0.4 is 0 Å². The summed E-state index contributed by atoms with van der Waals surface area (Å²) in [5.41, 5.74) is 0. The second-order valence-electron chi connectivity index (χ2n) is 1.68. The first-order chi connectivity index (χ1) is 4.31. The number of rotatable bonds is 3. The SMILES string of the molecule is OC(F)(F)C(F)(F)CCI. The lowest BCUT2D eigenvalue weighted by molar-refractivity contribution is -0.325. The van der Waals surface area contributed by atoms with Crippen LogP contribution in [0.2, 0.25) is 0 Å². The molecule has 0 aromatic carbocycles. The van der Waals surface area contributed by atoms with E-state index in [1.165, 1.54) is 22.6 Å². The van der Waals surface area contributed by atoms with E-state index in [1.807, 2.05) is 0 Å². The molecule has 0 spiro atoms. The number of hydrogen-bond donors (Lipinski definition) is 1. The van der Waals surface area contributed by atoms with Crippen LogP contribution in [0.25, 0.3) is 0 Å². The van der Waals surface area contributed by atoms with Crippen LogP contribution in [0.15, 0.2) is 0 Å². The number of alkyl halides is 5. The summed E-state index contributed by atoms with van der Waals surface area (Å²) in [6.07, 6.45) is -5.91. The third-order valence-electron chi connectivity index (χ3n) is 0.849. The van der Waals surface area contributed by atoms with E-state index in [-0.39, 0.29) is 4.43 Å². The largest absolute Gasteiger partial charge is 0.416 e. The molecule has 0 heterocycles. The van der Waals surface area contributed by atoms with Gasteiger partial charge in [-0.3, -0.25) is 0 Å². The summed E-state index contributed by atoms with van der Waals surface area (Å²) in [5.74, 6) is -4.30. The first-order valence-electron chi connectivity index (χ1n) is 2.35. The minimum absolute atomic E-state index is 0.124. The van der Waals surface area contributed by atoms with Gasteiger partial charge in [0.15, 0.2) is 0 Å². The Morgan fingerprint density at radius 3 is 1.70 bits per heavy atom. The standard InChI is InChI=1S/C4H5F4IO/c5-3(6,1-2-9)4(7,8)10/h10H,1-2H2. The van der Waals surface area contributed by atoms with Crippen LogP contribution in [0.3, 0.4) is 0 Å². The van der Waals surface area contributed by atoms with Crippen LogP contribution in [0.5, 0.6) is 0 Å². The Morgan fingerprint density at radius 1 is 1.20 bits per heavy atom. The first-order valence-corrected chi connectivity index (χ1v) is 3.88. The maximum absolute atomic E-state index is 11.9. The third-order valence-corrected chi connectivity index (χ3v) is 1.39. The van der Waals surface area contributed by atoms with Crippen LogP contribution in [0.1, 0.15) is 6.42 Å². The molecule has 0 aromatic heterocycles. The molecule has 1 N–H and O–H groups in total. The van der Waals surface area contributed by atoms with E-state index < -0.39 is 18.5 Å². The van der Waals surface area contributed by atoms with Crippen LogP contribution in [0, 0.1) is 0 Å². The average Bonchev–Trinajstić information content (AvgIpc) is 1.61. The summed E-state index contributed by atoms with van der Waals surface area (Å²) >= 11 is 1.53. The molecule has 0 saturated carbocycles. The van der Waals surface area contributed by atoms with Crippen molar-refractivity contribution in [3.63, 3.8) is 0 Å². The van der Waals surface area contributed by atoms with Gasteiger partial charge in [-0.25, -0.2) is 0 Å². The van der Waals surface area contributed by atoms with Crippen molar-refractivity contribution in [2.24, 2.45) is 0 Å². The normalized spacial score (nSPS) is 13.8. The summed E-state index contributed by atoms with van der Waals surface area (Å²) in [6, 6.07) is 0.